The molecule has 86 valence electrons. The molecule has 1 aliphatic heterocycles. The van der Waals surface area contributed by atoms with Crippen LogP contribution in [0.15, 0.2) is 21.8 Å². The summed E-state index contributed by atoms with van der Waals surface area (Å²) in [4.78, 5) is 19.3. The van der Waals surface area contributed by atoms with Crippen molar-refractivity contribution in [1.82, 2.24) is 0 Å². The summed E-state index contributed by atoms with van der Waals surface area (Å²) in [6.07, 6.45) is 3.30. The van der Waals surface area contributed by atoms with Crippen LogP contribution in [0.25, 0.3) is 0 Å². The fourth-order valence-corrected chi connectivity index (χ4v) is 3.18. The van der Waals surface area contributed by atoms with Crippen molar-refractivity contribution in [3.05, 3.63) is 11.8 Å². The third-order valence-electron chi connectivity index (χ3n) is 2.80. The third kappa shape index (κ3) is 1.73. The molecule has 1 heterocycles. The van der Waals surface area contributed by atoms with E-state index in [-0.39, 0.29) is 16.3 Å². The lowest BCUT2D eigenvalue weighted by molar-refractivity contribution is -0.129. The Morgan fingerprint density at radius 2 is 2.50 bits per heavy atom. The van der Waals surface area contributed by atoms with E-state index in [2.05, 4.69) is 9.98 Å². The van der Waals surface area contributed by atoms with Gasteiger partial charge in [-0.2, -0.15) is 0 Å². The second-order valence-corrected chi connectivity index (χ2v) is 4.91. The number of hydrogen-bond donors (Lipinski definition) is 2. The maximum Gasteiger partial charge on any atom is 0.360 e. The molecule has 3 N–H and O–H groups in total. The third-order valence-corrected chi connectivity index (χ3v) is 4.10. The van der Waals surface area contributed by atoms with E-state index < -0.39 is 5.97 Å². The van der Waals surface area contributed by atoms with Crippen molar-refractivity contribution in [2.75, 3.05) is 7.05 Å². The highest BCUT2D eigenvalue weighted by atomic mass is 32.2. The highest BCUT2D eigenvalue weighted by Gasteiger charge is 2.40. The van der Waals surface area contributed by atoms with E-state index in [0.717, 1.165) is 24.1 Å². The molecule has 0 spiro atoms. The zero-order valence-corrected chi connectivity index (χ0v) is 9.70. The van der Waals surface area contributed by atoms with E-state index in [1.807, 2.05) is 0 Å². The lowest BCUT2D eigenvalue weighted by atomic mass is 9.89. The summed E-state index contributed by atoms with van der Waals surface area (Å²) in [5.74, 6) is -0.951. The first kappa shape index (κ1) is 11.2. The fraction of sp³-hybridized carbons (Fsp3) is 0.500. The Morgan fingerprint density at radius 3 is 3.06 bits per heavy atom. The van der Waals surface area contributed by atoms with Gasteiger partial charge in [0.2, 0.25) is 0 Å². The van der Waals surface area contributed by atoms with E-state index in [4.69, 9.17) is 10.8 Å². The van der Waals surface area contributed by atoms with Gasteiger partial charge < -0.3 is 10.8 Å². The van der Waals surface area contributed by atoms with Gasteiger partial charge in [0.1, 0.15) is 6.04 Å². The summed E-state index contributed by atoms with van der Waals surface area (Å²) in [6, 6.07) is -0.135. The Labute approximate surface area is 97.5 Å². The summed E-state index contributed by atoms with van der Waals surface area (Å²) in [7, 11) is 1.69. The van der Waals surface area contributed by atoms with Gasteiger partial charge >= 0.3 is 5.97 Å². The van der Waals surface area contributed by atoms with Crippen molar-refractivity contribution in [2.24, 2.45) is 15.7 Å². The van der Waals surface area contributed by atoms with Crippen LogP contribution in [0, 0.1) is 0 Å². The molecule has 0 saturated heterocycles. The van der Waals surface area contributed by atoms with Crippen molar-refractivity contribution in [3.8, 4) is 0 Å². The molecule has 1 saturated carbocycles. The van der Waals surface area contributed by atoms with Crippen LogP contribution in [0.2, 0.25) is 0 Å². The molecule has 0 aromatic rings. The highest BCUT2D eigenvalue weighted by molar-refractivity contribution is 8.16. The Kier molecular flexibility index (Phi) is 3.00. The van der Waals surface area contributed by atoms with Gasteiger partial charge in [-0.1, -0.05) is 11.8 Å². The van der Waals surface area contributed by atoms with Crippen LogP contribution in [0.4, 0.5) is 0 Å². The van der Waals surface area contributed by atoms with Crippen LogP contribution in [0.1, 0.15) is 12.8 Å². The van der Waals surface area contributed by atoms with Crippen LogP contribution in [0.3, 0.4) is 0 Å². The van der Waals surface area contributed by atoms with Crippen LogP contribution >= 0.6 is 11.8 Å². The predicted octanol–water partition coefficient (Wildman–Crippen LogP) is 0.661. The molecule has 6 heteroatoms. The quantitative estimate of drug-likeness (QED) is 0.703. The minimum atomic E-state index is -0.951. The maximum absolute atomic E-state index is 10.9. The Bertz CT molecular complexity index is 414. The summed E-state index contributed by atoms with van der Waals surface area (Å²) in [5.41, 5.74) is 7.35. The lowest BCUT2D eigenvalue weighted by Gasteiger charge is -2.26. The second kappa shape index (κ2) is 4.29. The monoisotopic (exact) mass is 239 g/mol. The molecule has 2 aliphatic rings. The molecular formula is C10H13N3O2S. The number of thioether (sulfide) groups is 1. The first-order valence-corrected chi connectivity index (χ1v) is 5.91. The molecule has 0 aromatic heterocycles. The van der Waals surface area contributed by atoms with Gasteiger partial charge in [0.05, 0.1) is 5.71 Å². The number of aliphatic imine (C=N–C) groups is 2. The van der Waals surface area contributed by atoms with Crippen molar-refractivity contribution >= 4 is 28.5 Å². The minimum Gasteiger partial charge on any atom is -0.476 e. The first-order chi connectivity index (χ1) is 7.67. The number of rotatable bonds is 1. The second-order valence-electron chi connectivity index (χ2n) is 3.68. The number of nitrogens with two attached hydrogens (primary N) is 1. The molecule has 0 amide bonds. The van der Waals surface area contributed by atoms with Crippen LogP contribution in [0.5, 0.6) is 0 Å². The largest absolute Gasteiger partial charge is 0.476 e. The van der Waals surface area contributed by atoms with E-state index in [9.17, 15) is 4.79 Å². The van der Waals surface area contributed by atoms with Crippen LogP contribution in [-0.2, 0) is 4.79 Å². The fourth-order valence-electron chi connectivity index (χ4n) is 2.07. The topological polar surface area (TPSA) is 88.0 Å². The van der Waals surface area contributed by atoms with Crippen molar-refractivity contribution < 1.29 is 9.90 Å². The highest BCUT2D eigenvalue weighted by Crippen LogP contribution is 2.37. The molecule has 0 radical (unpaired) electrons. The van der Waals surface area contributed by atoms with Crippen molar-refractivity contribution in [3.63, 3.8) is 0 Å². The zero-order chi connectivity index (χ0) is 11.7. The maximum atomic E-state index is 10.9. The van der Waals surface area contributed by atoms with Gasteiger partial charge in [-0.15, -0.1) is 0 Å². The number of carboxylic acid groups (broad SMARTS) is 1. The van der Waals surface area contributed by atoms with Gasteiger partial charge in [0.15, 0.2) is 5.04 Å². The number of fused-ring (bicyclic) bond motifs is 1. The lowest BCUT2D eigenvalue weighted by Crippen LogP contribution is -2.34. The van der Waals surface area contributed by atoms with Gasteiger partial charge in [-0.05, 0) is 24.6 Å². The average Bonchev–Trinajstić information content (AvgIpc) is 2.71. The molecule has 1 fully saturated rings. The first-order valence-electron chi connectivity index (χ1n) is 5.03. The molecule has 2 atom stereocenters. The summed E-state index contributed by atoms with van der Waals surface area (Å²) in [6.45, 7) is 0. The Morgan fingerprint density at radius 1 is 1.75 bits per heavy atom. The number of hydrogen-bond acceptors (Lipinski definition) is 5. The van der Waals surface area contributed by atoms with E-state index in [1.54, 1.807) is 13.2 Å². The van der Waals surface area contributed by atoms with Gasteiger partial charge in [0, 0.05) is 12.3 Å². The van der Waals surface area contributed by atoms with E-state index >= 15 is 0 Å². The molecular weight excluding hydrogens is 226 g/mol. The SMILES string of the molecule is CN=C1C(=CN)CCC2SC(C(=O)O)=NC12. The van der Waals surface area contributed by atoms with Crippen LogP contribution < -0.4 is 5.73 Å². The number of carbonyl (C=O) groups is 1. The number of nitrogens with zero attached hydrogens (tertiary/aromatic N) is 2. The van der Waals surface area contributed by atoms with Gasteiger partial charge in [0.25, 0.3) is 0 Å². The number of carboxylic acids is 1. The molecule has 0 aromatic carbocycles. The molecule has 5 nitrogen and oxygen atoms in total. The Hall–Kier alpha value is -1.30. The van der Waals surface area contributed by atoms with Crippen LogP contribution in [-0.4, -0.2) is 40.2 Å². The predicted molar refractivity (Wildman–Crippen MR) is 65.1 cm³/mol. The van der Waals surface area contributed by atoms with Crippen molar-refractivity contribution in [2.45, 2.75) is 24.1 Å². The zero-order valence-electron chi connectivity index (χ0n) is 8.88. The minimum absolute atomic E-state index is 0.135. The summed E-state index contributed by atoms with van der Waals surface area (Å²) in [5, 5.41) is 9.30. The smallest absolute Gasteiger partial charge is 0.360 e. The standard InChI is InChI=1S/C10H13N3O2S/c1-12-7-5(4-11)2-3-6-8(7)13-9(16-6)10(14)15/h4,6,8H,2-3,11H2,1H3,(H,14,15). The molecule has 2 unspecified atom stereocenters. The van der Waals surface area contributed by atoms with Gasteiger partial charge in [-0.25, -0.2) is 4.79 Å². The normalized spacial score (nSPS) is 33.9. The van der Waals surface area contributed by atoms with Crippen molar-refractivity contribution in [1.29, 1.82) is 0 Å². The summed E-state index contributed by atoms with van der Waals surface area (Å²) < 4.78 is 0. The average molecular weight is 239 g/mol. The van der Waals surface area contributed by atoms with E-state index in [1.165, 1.54) is 11.8 Å². The Balaban J connectivity index is 2.32. The number of aliphatic carboxylic acids is 1. The molecule has 1 aliphatic carbocycles. The van der Waals surface area contributed by atoms with E-state index in [0.29, 0.717) is 0 Å². The summed E-state index contributed by atoms with van der Waals surface area (Å²) >= 11 is 1.34. The molecule has 16 heavy (non-hydrogen) atoms. The molecule has 2 rings (SSSR count). The van der Waals surface area contributed by atoms with Gasteiger partial charge in [-0.3, -0.25) is 9.98 Å². The molecule has 0 bridgehead atoms.